The molecule has 2 aliphatic rings. The van der Waals surface area contributed by atoms with E-state index in [4.69, 9.17) is 25.9 Å². The van der Waals surface area contributed by atoms with E-state index in [0.717, 1.165) is 110 Å². The molecule has 2 fully saturated rings. The number of rotatable bonds is 10. The third-order valence-corrected chi connectivity index (χ3v) is 9.19. The third-order valence-electron chi connectivity index (χ3n) is 9.19. The molecule has 6 N–H and O–H groups in total. The molecule has 0 bridgehead atoms. The first-order chi connectivity index (χ1) is 23.1. The number of amidine groups is 2. The summed E-state index contributed by atoms with van der Waals surface area (Å²) in [6.45, 7) is 5.78. The van der Waals surface area contributed by atoms with Crippen LogP contribution in [0.4, 0.5) is 0 Å². The van der Waals surface area contributed by atoms with Crippen LogP contribution < -0.4 is 11.5 Å². The van der Waals surface area contributed by atoms with Gasteiger partial charge in [-0.1, -0.05) is 48.5 Å². The second-order valence-corrected chi connectivity index (χ2v) is 12.5. The first-order valence-electron chi connectivity index (χ1n) is 16.4. The molecule has 2 aliphatic heterocycles. The first kappa shape index (κ1) is 30.6. The van der Waals surface area contributed by atoms with Crippen molar-refractivity contribution in [3.63, 3.8) is 0 Å². The van der Waals surface area contributed by atoms with Gasteiger partial charge < -0.3 is 25.9 Å². The number of hydrogen-bond acceptors (Lipinski definition) is 7. The van der Waals surface area contributed by atoms with E-state index in [1.54, 1.807) is 12.7 Å². The lowest BCUT2D eigenvalue weighted by molar-refractivity contribution is 0.204. The topological polar surface area (TPSA) is 154 Å². The van der Waals surface area contributed by atoms with Crippen LogP contribution in [0.1, 0.15) is 48.2 Å². The van der Waals surface area contributed by atoms with E-state index < -0.39 is 0 Å². The molecule has 242 valence electrons. The van der Waals surface area contributed by atoms with Gasteiger partial charge in [-0.05, 0) is 37.8 Å². The molecule has 11 heteroatoms. The van der Waals surface area contributed by atoms with Gasteiger partial charge in [0.05, 0.1) is 24.7 Å². The lowest BCUT2D eigenvalue weighted by Gasteiger charge is -2.29. The van der Waals surface area contributed by atoms with Gasteiger partial charge in [0.2, 0.25) is 0 Å². The highest BCUT2D eigenvalue weighted by atomic mass is 16.3. The summed E-state index contributed by atoms with van der Waals surface area (Å²) in [7, 11) is 0. The first-order valence-corrected chi connectivity index (χ1v) is 16.4. The van der Waals surface area contributed by atoms with E-state index >= 15 is 0 Å². The van der Waals surface area contributed by atoms with Crippen LogP contribution in [0.2, 0.25) is 0 Å². The minimum absolute atomic E-state index is 0.241. The molecule has 0 amide bonds. The molecule has 0 saturated carbocycles. The normalized spacial score (nSPS) is 17.8. The monoisotopic (exact) mass is 630 g/mol. The number of aromatic amines is 2. The number of likely N-dealkylation sites (tertiary alicyclic amines) is 2. The zero-order chi connectivity index (χ0) is 32.0. The Bertz CT molecular complexity index is 1630. The average molecular weight is 631 g/mol. The molecule has 2 saturated heterocycles. The van der Waals surface area contributed by atoms with Gasteiger partial charge in [-0.3, -0.25) is 19.8 Å². The van der Waals surface area contributed by atoms with E-state index in [-0.39, 0.29) is 12.1 Å². The van der Waals surface area contributed by atoms with E-state index in [0.29, 0.717) is 11.7 Å². The van der Waals surface area contributed by atoms with Gasteiger partial charge in [0, 0.05) is 85.3 Å². The van der Waals surface area contributed by atoms with Gasteiger partial charge in [0.1, 0.15) is 23.2 Å². The number of furan rings is 1. The molecular formula is C36H42N10O. The van der Waals surface area contributed by atoms with Crippen LogP contribution in [0, 0.1) is 0 Å². The second-order valence-electron chi connectivity index (χ2n) is 12.5. The molecule has 5 aromatic rings. The summed E-state index contributed by atoms with van der Waals surface area (Å²) in [5, 5.41) is 0. The number of hydrogen-bond donors (Lipinski definition) is 4. The van der Waals surface area contributed by atoms with Gasteiger partial charge in [0.25, 0.3) is 0 Å². The van der Waals surface area contributed by atoms with Crippen molar-refractivity contribution in [2.75, 3.05) is 26.2 Å². The minimum atomic E-state index is 0.241. The predicted octanol–water partition coefficient (Wildman–Crippen LogP) is 4.80. The van der Waals surface area contributed by atoms with Crippen molar-refractivity contribution >= 4 is 11.7 Å². The van der Waals surface area contributed by atoms with Crippen molar-refractivity contribution in [2.24, 2.45) is 21.5 Å². The summed E-state index contributed by atoms with van der Waals surface area (Å²) >= 11 is 0. The number of aromatic nitrogens is 4. The summed E-state index contributed by atoms with van der Waals surface area (Å²) in [5.74, 6) is 2.77. The van der Waals surface area contributed by atoms with E-state index in [1.807, 2.05) is 73.1 Å². The summed E-state index contributed by atoms with van der Waals surface area (Å²) in [6.07, 6.45) is 11.2. The number of nitrogens with one attached hydrogen (secondary N) is 2. The fraction of sp³-hybridized carbons (Fsp3) is 0.333. The number of nitrogens with zero attached hydrogens (tertiary/aromatic N) is 6. The Labute approximate surface area is 274 Å². The van der Waals surface area contributed by atoms with Crippen LogP contribution in [0.5, 0.6) is 0 Å². The smallest absolute Gasteiger partial charge is 0.134 e. The van der Waals surface area contributed by atoms with Crippen LogP contribution in [-0.4, -0.2) is 79.7 Å². The molecule has 0 unspecified atom stereocenters. The maximum absolute atomic E-state index is 6.43. The van der Waals surface area contributed by atoms with Gasteiger partial charge in [-0.15, -0.1) is 0 Å². The van der Waals surface area contributed by atoms with Gasteiger partial charge >= 0.3 is 0 Å². The van der Waals surface area contributed by atoms with Gasteiger partial charge in [-0.25, -0.2) is 9.97 Å². The van der Waals surface area contributed by atoms with Gasteiger partial charge in [-0.2, -0.15) is 0 Å². The Morgan fingerprint density at radius 3 is 1.40 bits per heavy atom. The number of H-pyrrole nitrogens is 2. The molecule has 0 spiro atoms. The predicted molar refractivity (Wildman–Crippen MR) is 185 cm³/mol. The molecule has 0 atom stereocenters. The average Bonchev–Trinajstić information content (AvgIpc) is 3.91. The molecule has 5 heterocycles. The summed E-state index contributed by atoms with van der Waals surface area (Å²) in [5.41, 5.74) is 19.0. The van der Waals surface area contributed by atoms with Crippen LogP contribution in [-0.2, 0) is 13.1 Å². The minimum Gasteiger partial charge on any atom is -0.456 e. The Kier molecular flexibility index (Phi) is 9.25. The zero-order valence-corrected chi connectivity index (χ0v) is 26.6. The number of aliphatic imine (C=N–C) groups is 2. The number of imidazole rings is 2. The summed E-state index contributed by atoms with van der Waals surface area (Å²) < 4.78 is 6.25. The number of nitrogens with two attached hydrogens (primary N) is 2. The van der Waals surface area contributed by atoms with Crippen molar-refractivity contribution in [3.05, 3.63) is 108 Å². The van der Waals surface area contributed by atoms with Crippen molar-refractivity contribution in [1.29, 1.82) is 0 Å². The van der Waals surface area contributed by atoms with E-state index in [1.165, 1.54) is 0 Å². The Morgan fingerprint density at radius 2 is 1.04 bits per heavy atom. The van der Waals surface area contributed by atoms with Crippen LogP contribution in [0.15, 0.2) is 100 Å². The lowest BCUT2D eigenvalue weighted by atomic mass is 10.0. The summed E-state index contributed by atoms with van der Waals surface area (Å²) in [6, 6.07) is 20.7. The number of piperidine rings is 2. The molecule has 7 rings (SSSR count). The van der Waals surface area contributed by atoms with E-state index in [2.05, 4.69) is 29.7 Å². The highest BCUT2D eigenvalue weighted by Gasteiger charge is 2.21. The third kappa shape index (κ3) is 7.70. The molecule has 2 aromatic carbocycles. The highest BCUT2D eigenvalue weighted by Crippen LogP contribution is 2.29. The maximum Gasteiger partial charge on any atom is 0.134 e. The zero-order valence-electron chi connectivity index (χ0n) is 26.6. The Hall–Kier alpha value is -5.00. The molecular weight excluding hydrogens is 588 g/mol. The molecule has 47 heavy (non-hydrogen) atoms. The lowest BCUT2D eigenvalue weighted by Crippen LogP contribution is -2.35. The fourth-order valence-corrected chi connectivity index (χ4v) is 6.44. The molecule has 0 aliphatic carbocycles. The summed E-state index contributed by atoms with van der Waals surface area (Å²) in [4.78, 5) is 29.1. The fourth-order valence-electron chi connectivity index (χ4n) is 6.44. The quantitative estimate of drug-likeness (QED) is 0.128. The van der Waals surface area contributed by atoms with Crippen molar-refractivity contribution in [1.82, 2.24) is 29.7 Å². The van der Waals surface area contributed by atoms with Crippen molar-refractivity contribution in [2.45, 2.75) is 50.9 Å². The second kappa shape index (κ2) is 14.2. The Balaban J connectivity index is 0.915. The maximum atomic E-state index is 6.43. The molecule has 11 nitrogen and oxygen atoms in total. The van der Waals surface area contributed by atoms with Crippen molar-refractivity contribution in [3.8, 4) is 22.6 Å². The number of benzene rings is 2. The van der Waals surface area contributed by atoms with Crippen molar-refractivity contribution < 1.29 is 4.42 Å². The highest BCUT2D eigenvalue weighted by molar-refractivity contribution is 5.98. The SMILES string of the molecule is NC(=NC1CCN(Cc2cnc[nH]2)CC1)c1ccc(-c2ccc(-c3ccc(C(N)=NC4CCN(Cc5cnc[nH]5)CC4)cc3)o2)cc1. The van der Waals surface area contributed by atoms with Crippen LogP contribution in [0.25, 0.3) is 22.6 Å². The van der Waals surface area contributed by atoms with Gasteiger partial charge in [0.15, 0.2) is 0 Å². The van der Waals surface area contributed by atoms with Crippen LogP contribution >= 0.6 is 0 Å². The largest absolute Gasteiger partial charge is 0.456 e. The van der Waals surface area contributed by atoms with Crippen LogP contribution in [0.3, 0.4) is 0 Å². The molecule has 0 radical (unpaired) electrons. The molecule has 3 aromatic heterocycles. The Morgan fingerprint density at radius 1 is 0.638 bits per heavy atom. The standard InChI is InChI=1S/C36H42N10O/c37-35(43-29-11-15-45(16-12-29)21-31-19-39-23-41-31)27-5-1-25(2-6-27)33-9-10-34(47-33)26-3-7-28(8-4-26)36(38)44-30-13-17-46(18-14-30)22-32-20-40-24-42-32/h1-10,19-20,23-24,29-30H,11-18,21-22H2,(H2,37,43)(H2,38,44)(H,39,41)(H,40,42). The van der Waals surface area contributed by atoms with E-state index in [9.17, 15) is 0 Å².